The summed E-state index contributed by atoms with van der Waals surface area (Å²) in [6.07, 6.45) is 0. The van der Waals surface area contributed by atoms with Crippen LogP contribution < -0.4 is 4.31 Å². The highest BCUT2D eigenvalue weighted by molar-refractivity contribution is 7.81. The average Bonchev–Trinajstić information content (AvgIpc) is 3.06. The second-order valence-electron chi connectivity index (χ2n) is 6.49. The average molecular weight is 411 g/mol. The van der Waals surface area contributed by atoms with E-state index < -0.39 is 17.6 Å². The Labute approximate surface area is 170 Å². The molecule has 0 radical (unpaired) electrons. The molecule has 1 aromatic heterocycles. The van der Waals surface area contributed by atoms with Gasteiger partial charge in [0, 0.05) is 35.2 Å². The number of nitrogens with zero attached hydrogens (tertiary/aromatic N) is 1. The van der Waals surface area contributed by atoms with E-state index in [-0.39, 0.29) is 11.3 Å². The van der Waals surface area contributed by atoms with Gasteiger partial charge in [-0.2, -0.15) is 0 Å². The number of carbonyl (C=O) groups is 1. The number of hydrogen-bond acceptors (Lipinski definition) is 4. The van der Waals surface area contributed by atoms with Gasteiger partial charge in [-0.25, -0.2) is 13.6 Å². The highest BCUT2D eigenvalue weighted by atomic mass is 32.1. The first-order chi connectivity index (χ1) is 13.9. The Balaban J connectivity index is 2.05. The third-order valence-electron chi connectivity index (χ3n) is 4.64. The van der Waals surface area contributed by atoms with Crippen LogP contribution in [-0.4, -0.2) is 18.1 Å². The lowest BCUT2D eigenvalue weighted by atomic mass is 9.98. The predicted octanol–water partition coefficient (Wildman–Crippen LogP) is 6.02. The number of carboxylic acid groups (broad SMARTS) is 1. The molecule has 0 fully saturated rings. The molecule has 0 saturated carbocycles. The highest BCUT2D eigenvalue weighted by Gasteiger charge is 2.24. The number of carboxylic acids is 1. The summed E-state index contributed by atoms with van der Waals surface area (Å²) in [5.74, 6) is -1.98. The molecular weight excluding hydrogens is 396 g/mol. The lowest BCUT2D eigenvalue weighted by Crippen LogP contribution is -2.04. The maximum atomic E-state index is 14.5. The van der Waals surface area contributed by atoms with Gasteiger partial charge in [0.05, 0.1) is 5.69 Å². The van der Waals surface area contributed by atoms with Crippen molar-refractivity contribution in [2.45, 2.75) is 0 Å². The summed E-state index contributed by atoms with van der Waals surface area (Å²) in [4.78, 5) is 12.0. The largest absolute Gasteiger partial charge is 0.478 e. The molecule has 146 valence electrons. The van der Waals surface area contributed by atoms with Gasteiger partial charge in [0.25, 0.3) is 0 Å². The molecule has 0 aliphatic heterocycles. The fraction of sp³-hybridized carbons (Fsp3) is 0.0455. The van der Waals surface area contributed by atoms with Crippen LogP contribution in [0.1, 0.15) is 10.4 Å². The quantitative estimate of drug-likeness (QED) is 0.403. The Morgan fingerprint density at radius 2 is 1.72 bits per heavy atom. The Morgan fingerprint density at radius 1 is 1.03 bits per heavy atom. The molecule has 7 heteroatoms. The Kier molecular flexibility index (Phi) is 4.76. The first kappa shape index (κ1) is 19.0. The zero-order valence-electron chi connectivity index (χ0n) is 15.2. The molecule has 0 spiro atoms. The Bertz CT molecular complexity index is 1230. The summed E-state index contributed by atoms with van der Waals surface area (Å²) in [7, 11) is 1.68. The third kappa shape index (κ3) is 3.34. The topological polar surface area (TPSA) is 53.7 Å². The molecule has 4 nitrogen and oxygen atoms in total. The standard InChI is InChI=1S/C22H15F2NO3S/c1-25(29)18-11-19-16(10-15(18)14-4-2-3-5-17(14)24)20(22(26)27)21(28-19)12-6-8-13(23)9-7-12/h2-11,29H,1H3,(H,26,27). The van der Waals surface area contributed by atoms with Gasteiger partial charge in [-0.05, 0) is 36.4 Å². The number of halogens is 2. The molecule has 0 amide bonds. The van der Waals surface area contributed by atoms with Crippen LogP contribution in [0.25, 0.3) is 33.4 Å². The van der Waals surface area contributed by atoms with Crippen molar-refractivity contribution < 1.29 is 23.1 Å². The number of benzene rings is 3. The van der Waals surface area contributed by atoms with Crippen LogP contribution in [-0.2, 0) is 0 Å². The number of furan rings is 1. The number of fused-ring (bicyclic) bond motifs is 1. The van der Waals surface area contributed by atoms with Crippen molar-refractivity contribution in [3.8, 4) is 22.5 Å². The SMILES string of the molecule is CN(S)c1cc2oc(-c3ccc(F)cc3)c(C(=O)O)c2cc1-c1ccccc1F. The highest BCUT2D eigenvalue weighted by Crippen LogP contribution is 2.41. The van der Waals surface area contributed by atoms with Crippen molar-refractivity contribution in [1.82, 2.24) is 0 Å². The van der Waals surface area contributed by atoms with Crippen molar-refractivity contribution in [3.05, 3.63) is 77.9 Å². The van der Waals surface area contributed by atoms with Crippen molar-refractivity contribution >= 4 is 35.4 Å². The van der Waals surface area contributed by atoms with E-state index in [0.717, 1.165) is 0 Å². The monoisotopic (exact) mass is 411 g/mol. The lowest BCUT2D eigenvalue weighted by molar-refractivity contribution is 0.0699. The number of hydrogen-bond donors (Lipinski definition) is 2. The molecule has 4 aromatic rings. The van der Waals surface area contributed by atoms with Crippen LogP contribution in [0.4, 0.5) is 14.5 Å². The smallest absolute Gasteiger partial charge is 0.340 e. The molecule has 1 heterocycles. The number of rotatable bonds is 4. The second kappa shape index (κ2) is 7.25. The van der Waals surface area contributed by atoms with Crippen molar-refractivity contribution in [2.24, 2.45) is 0 Å². The molecule has 0 aliphatic rings. The summed E-state index contributed by atoms with van der Waals surface area (Å²) in [5, 5.41) is 10.1. The fourth-order valence-corrected chi connectivity index (χ4v) is 3.48. The molecule has 0 unspecified atom stereocenters. The molecule has 0 saturated heterocycles. The first-order valence-corrected chi connectivity index (χ1v) is 9.04. The maximum absolute atomic E-state index is 14.5. The van der Waals surface area contributed by atoms with Gasteiger partial charge in [0.2, 0.25) is 0 Å². The zero-order chi connectivity index (χ0) is 20.7. The van der Waals surface area contributed by atoms with Crippen LogP contribution in [0.2, 0.25) is 0 Å². The molecule has 0 atom stereocenters. The zero-order valence-corrected chi connectivity index (χ0v) is 16.1. The van der Waals surface area contributed by atoms with Gasteiger partial charge in [-0.15, -0.1) is 0 Å². The van der Waals surface area contributed by atoms with Crippen LogP contribution >= 0.6 is 12.8 Å². The summed E-state index contributed by atoms with van der Waals surface area (Å²) < 4.78 is 35.1. The molecule has 4 rings (SSSR count). The van der Waals surface area contributed by atoms with E-state index in [1.807, 2.05) is 0 Å². The first-order valence-electron chi connectivity index (χ1n) is 8.64. The van der Waals surface area contributed by atoms with E-state index >= 15 is 0 Å². The normalized spacial score (nSPS) is 11.0. The second-order valence-corrected chi connectivity index (χ2v) is 7.09. The summed E-state index contributed by atoms with van der Waals surface area (Å²) >= 11 is 4.33. The molecule has 3 aromatic carbocycles. The van der Waals surface area contributed by atoms with Crippen molar-refractivity contribution in [2.75, 3.05) is 11.4 Å². The molecule has 1 N–H and O–H groups in total. The van der Waals surface area contributed by atoms with E-state index in [2.05, 4.69) is 12.8 Å². The molecule has 0 aliphatic carbocycles. The molecular formula is C22H15F2NO3S. The number of thiol groups is 1. The maximum Gasteiger partial charge on any atom is 0.340 e. The molecule has 0 bridgehead atoms. The van der Waals surface area contributed by atoms with E-state index in [1.165, 1.54) is 34.6 Å². The molecule has 29 heavy (non-hydrogen) atoms. The van der Waals surface area contributed by atoms with Crippen LogP contribution in [0.3, 0.4) is 0 Å². The van der Waals surface area contributed by atoms with Crippen LogP contribution in [0.5, 0.6) is 0 Å². The van der Waals surface area contributed by atoms with Gasteiger partial charge in [0.15, 0.2) is 0 Å². The Morgan fingerprint density at radius 3 is 2.34 bits per heavy atom. The van der Waals surface area contributed by atoms with Crippen molar-refractivity contribution in [1.29, 1.82) is 0 Å². The predicted molar refractivity (Wildman–Crippen MR) is 111 cm³/mol. The summed E-state index contributed by atoms with van der Waals surface area (Å²) in [6.45, 7) is 0. The van der Waals surface area contributed by atoms with Gasteiger partial charge < -0.3 is 13.8 Å². The van der Waals surface area contributed by atoms with Gasteiger partial charge in [-0.3, -0.25) is 0 Å². The fourth-order valence-electron chi connectivity index (χ4n) is 3.31. The van der Waals surface area contributed by atoms with E-state index in [4.69, 9.17) is 4.42 Å². The summed E-state index contributed by atoms with van der Waals surface area (Å²) in [5.41, 5.74) is 1.99. The van der Waals surface area contributed by atoms with Gasteiger partial charge in [-0.1, -0.05) is 31.0 Å². The summed E-state index contributed by atoms with van der Waals surface area (Å²) in [6, 6.07) is 14.8. The van der Waals surface area contributed by atoms with Gasteiger partial charge in [0.1, 0.15) is 28.5 Å². The minimum atomic E-state index is -1.20. The van der Waals surface area contributed by atoms with E-state index in [9.17, 15) is 18.7 Å². The van der Waals surface area contributed by atoms with Gasteiger partial charge >= 0.3 is 5.97 Å². The minimum Gasteiger partial charge on any atom is -0.478 e. The number of aromatic carboxylic acids is 1. The van der Waals surface area contributed by atoms with E-state index in [0.29, 0.717) is 33.3 Å². The third-order valence-corrected chi connectivity index (χ3v) is 4.85. The number of anilines is 1. The Hall–Kier alpha value is -3.32. The van der Waals surface area contributed by atoms with Crippen LogP contribution in [0, 0.1) is 11.6 Å². The van der Waals surface area contributed by atoms with E-state index in [1.54, 1.807) is 37.4 Å². The minimum absolute atomic E-state index is 0.0717. The lowest BCUT2D eigenvalue weighted by Gasteiger charge is -2.17. The van der Waals surface area contributed by atoms with Crippen LogP contribution in [0.15, 0.2) is 65.1 Å². The van der Waals surface area contributed by atoms with Crippen molar-refractivity contribution in [3.63, 3.8) is 0 Å².